The second-order valence-corrected chi connectivity index (χ2v) is 7.82. The number of pyridine rings is 1. The monoisotopic (exact) mass is 401 g/mol. The van der Waals surface area contributed by atoms with Crippen LogP contribution in [-0.2, 0) is 4.79 Å². The van der Waals surface area contributed by atoms with Crippen molar-refractivity contribution >= 4 is 11.9 Å². The van der Waals surface area contributed by atoms with E-state index in [1.165, 1.54) is 0 Å². The van der Waals surface area contributed by atoms with Crippen LogP contribution in [0.15, 0.2) is 67.3 Å². The first-order chi connectivity index (χ1) is 14.6. The highest BCUT2D eigenvalue weighted by Gasteiger charge is 2.31. The van der Waals surface area contributed by atoms with Gasteiger partial charge in [0.2, 0.25) is 11.9 Å². The third-order valence-corrected chi connectivity index (χ3v) is 5.92. The molecule has 3 aromatic rings. The van der Waals surface area contributed by atoms with Gasteiger partial charge in [-0.05, 0) is 60.7 Å². The van der Waals surface area contributed by atoms with Crippen molar-refractivity contribution in [2.24, 2.45) is 5.92 Å². The molecule has 4 rings (SSSR count). The van der Waals surface area contributed by atoms with Crippen LogP contribution in [0.1, 0.15) is 31.4 Å². The Morgan fingerprint density at radius 3 is 2.60 bits per heavy atom. The number of hydrogen-bond acceptors (Lipinski definition) is 5. The van der Waals surface area contributed by atoms with E-state index in [9.17, 15) is 4.79 Å². The minimum Gasteiger partial charge on any atom is -0.340 e. The minimum atomic E-state index is -0.0432. The Hall–Kier alpha value is -3.28. The molecule has 0 spiro atoms. The Kier molecular flexibility index (Phi) is 6.02. The molecule has 0 saturated carbocycles. The molecule has 1 amide bonds. The summed E-state index contributed by atoms with van der Waals surface area (Å²) in [6.45, 7) is 3.64. The van der Waals surface area contributed by atoms with E-state index in [2.05, 4.69) is 51.0 Å². The lowest BCUT2D eigenvalue weighted by atomic mass is 9.95. The van der Waals surface area contributed by atoms with Crippen LogP contribution in [-0.4, -0.2) is 45.9 Å². The molecule has 6 nitrogen and oxygen atoms in total. The standard InChI is InChI=1S/C24H27N5O/c1-18(20-6-3-7-21(16-20)19-9-13-25-14-10-19)28(2)23(30)22-8-4-15-29(17-22)24-26-11-5-12-27-24/h3,5-7,9-14,16,18,22H,4,8,15,17H2,1-2H3. The molecule has 0 radical (unpaired) electrons. The molecular weight excluding hydrogens is 374 g/mol. The lowest BCUT2D eigenvalue weighted by molar-refractivity contribution is -0.136. The summed E-state index contributed by atoms with van der Waals surface area (Å²) in [5, 5.41) is 0. The van der Waals surface area contributed by atoms with Gasteiger partial charge in [0.1, 0.15) is 0 Å². The first kappa shape index (κ1) is 20.0. The lowest BCUT2D eigenvalue weighted by Gasteiger charge is -2.35. The van der Waals surface area contributed by atoms with Gasteiger partial charge < -0.3 is 9.80 Å². The number of nitrogens with zero attached hydrogens (tertiary/aromatic N) is 5. The molecule has 0 N–H and O–H groups in total. The zero-order chi connectivity index (χ0) is 20.9. The van der Waals surface area contributed by atoms with Crippen molar-refractivity contribution in [2.75, 3.05) is 25.0 Å². The van der Waals surface area contributed by atoms with Gasteiger partial charge in [0, 0.05) is 44.9 Å². The van der Waals surface area contributed by atoms with Crippen LogP contribution in [0.5, 0.6) is 0 Å². The molecule has 0 aliphatic carbocycles. The van der Waals surface area contributed by atoms with Gasteiger partial charge in [-0.15, -0.1) is 0 Å². The van der Waals surface area contributed by atoms with E-state index in [1.807, 2.05) is 30.1 Å². The number of anilines is 1. The summed E-state index contributed by atoms with van der Waals surface area (Å²) >= 11 is 0. The fourth-order valence-corrected chi connectivity index (χ4v) is 4.04. The zero-order valence-corrected chi connectivity index (χ0v) is 17.5. The van der Waals surface area contributed by atoms with Crippen molar-refractivity contribution in [1.29, 1.82) is 0 Å². The first-order valence-corrected chi connectivity index (χ1v) is 10.4. The fourth-order valence-electron chi connectivity index (χ4n) is 4.04. The molecule has 0 bridgehead atoms. The molecule has 30 heavy (non-hydrogen) atoms. The van der Waals surface area contributed by atoms with Gasteiger partial charge >= 0.3 is 0 Å². The number of carbonyl (C=O) groups excluding carboxylic acids is 1. The highest BCUT2D eigenvalue weighted by Crippen LogP contribution is 2.28. The van der Waals surface area contributed by atoms with Gasteiger partial charge in [0.05, 0.1) is 12.0 Å². The number of hydrogen-bond donors (Lipinski definition) is 0. The van der Waals surface area contributed by atoms with Gasteiger partial charge in [0.25, 0.3) is 0 Å². The van der Waals surface area contributed by atoms with E-state index in [4.69, 9.17) is 0 Å². The molecule has 2 atom stereocenters. The largest absolute Gasteiger partial charge is 0.340 e. The van der Waals surface area contributed by atoms with Crippen LogP contribution >= 0.6 is 0 Å². The average molecular weight is 402 g/mol. The van der Waals surface area contributed by atoms with Crippen molar-refractivity contribution < 1.29 is 4.79 Å². The quantitative estimate of drug-likeness (QED) is 0.647. The maximum atomic E-state index is 13.3. The third kappa shape index (κ3) is 4.32. The first-order valence-electron chi connectivity index (χ1n) is 10.4. The molecule has 1 fully saturated rings. The summed E-state index contributed by atoms with van der Waals surface area (Å²) < 4.78 is 0. The highest BCUT2D eigenvalue weighted by atomic mass is 16.2. The van der Waals surface area contributed by atoms with Crippen LogP contribution in [0.4, 0.5) is 5.95 Å². The van der Waals surface area contributed by atoms with Crippen molar-refractivity contribution in [3.63, 3.8) is 0 Å². The molecule has 1 saturated heterocycles. The highest BCUT2D eigenvalue weighted by molar-refractivity contribution is 5.80. The zero-order valence-electron chi connectivity index (χ0n) is 17.5. The van der Waals surface area contributed by atoms with Gasteiger partial charge in [-0.2, -0.15) is 0 Å². The van der Waals surface area contributed by atoms with Crippen molar-refractivity contribution in [3.05, 3.63) is 72.8 Å². The van der Waals surface area contributed by atoms with E-state index in [0.29, 0.717) is 12.5 Å². The number of benzene rings is 1. The summed E-state index contributed by atoms with van der Waals surface area (Å²) in [5.41, 5.74) is 3.38. The van der Waals surface area contributed by atoms with E-state index in [1.54, 1.807) is 24.8 Å². The smallest absolute Gasteiger partial charge is 0.227 e. The molecular formula is C24H27N5O. The summed E-state index contributed by atoms with van der Waals surface area (Å²) in [5.74, 6) is 0.839. The van der Waals surface area contributed by atoms with Crippen LogP contribution in [0.2, 0.25) is 0 Å². The Morgan fingerprint density at radius 1 is 1.07 bits per heavy atom. The second kappa shape index (κ2) is 9.03. The maximum Gasteiger partial charge on any atom is 0.227 e. The Morgan fingerprint density at radius 2 is 1.83 bits per heavy atom. The maximum absolute atomic E-state index is 13.3. The minimum absolute atomic E-state index is 0.0114. The fraction of sp³-hybridized carbons (Fsp3) is 0.333. The van der Waals surface area contributed by atoms with Crippen LogP contribution in [0.3, 0.4) is 0 Å². The van der Waals surface area contributed by atoms with Crippen LogP contribution in [0, 0.1) is 5.92 Å². The second-order valence-electron chi connectivity index (χ2n) is 7.82. The molecule has 1 aliphatic rings. The Labute approximate surface area is 177 Å². The summed E-state index contributed by atoms with van der Waals surface area (Å²) in [6.07, 6.45) is 8.96. The molecule has 1 aromatic carbocycles. The van der Waals surface area contributed by atoms with Gasteiger partial charge in [-0.1, -0.05) is 18.2 Å². The third-order valence-electron chi connectivity index (χ3n) is 5.92. The summed E-state index contributed by atoms with van der Waals surface area (Å²) in [7, 11) is 1.91. The average Bonchev–Trinajstić information content (AvgIpc) is 2.84. The van der Waals surface area contributed by atoms with Gasteiger partial charge in [-0.25, -0.2) is 9.97 Å². The summed E-state index contributed by atoms with van der Waals surface area (Å²) in [4.78, 5) is 30.1. The number of carbonyl (C=O) groups is 1. The molecule has 3 heterocycles. The van der Waals surface area contributed by atoms with Crippen molar-refractivity contribution in [3.8, 4) is 11.1 Å². The SMILES string of the molecule is CC(c1cccc(-c2ccncc2)c1)N(C)C(=O)C1CCCN(c2ncccn2)C1. The molecule has 2 unspecified atom stereocenters. The molecule has 2 aromatic heterocycles. The van der Waals surface area contributed by atoms with E-state index < -0.39 is 0 Å². The number of rotatable bonds is 5. The molecule has 1 aliphatic heterocycles. The predicted molar refractivity (Wildman–Crippen MR) is 118 cm³/mol. The normalized spacial score (nSPS) is 17.4. The Balaban J connectivity index is 1.47. The Bertz CT molecular complexity index is 979. The van der Waals surface area contributed by atoms with E-state index >= 15 is 0 Å². The van der Waals surface area contributed by atoms with Crippen molar-refractivity contribution in [1.82, 2.24) is 19.9 Å². The van der Waals surface area contributed by atoms with Crippen molar-refractivity contribution in [2.45, 2.75) is 25.8 Å². The summed E-state index contributed by atoms with van der Waals surface area (Å²) in [6, 6.07) is 14.2. The van der Waals surface area contributed by atoms with E-state index in [0.717, 1.165) is 36.1 Å². The number of piperidine rings is 1. The number of amides is 1. The lowest BCUT2D eigenvalue weighted by Crippen LogP contribution is -2.44. The van der Waals surface area contributed by atoms with Crippen LogP contribution in [0.25, 0.3) is 11.1 Å². The van der Waals surface area contributed by atoms with Crippen LogP contribution < -0.4 is 4.90 Å². The van der Waals surface area contributed by atoms with E-state index in [-0.39, 0.29) is 17.9 Å². The van der Waals surface area contributed by atoms with Gasteiger partial charge in [0.15, 0.2) is 0 Å². The predicted octanol–water partition coefficient (Wildman–Crippen LogP) is 3.97. The molecule has 6 heteroatoms. The van der Waals surface area contributed by atoms with Gasteiger partial charge in [-0.3, -0.25) is 9.78 Å². The topological polar surface area (TPSA) is 62.2 Å². The molecule has 154 valence electrons. The number of aromatic nitrogens is 3.